The standard InChI is InChI=1S/C20H20ClN5O2/c1-12-4-5-13(2)17(10-12)23-20(28)19-14(3)26(25-24-19)11-18(27)22-16-8-6-15(21)7-9-16/h4-10H,11H2,1-3H3,(H,22,27)(H,23,28). The minimum Gasteiger partial charge on any atom is -0.324 e. The molecule has 0 atom stereocenters. The Kier molecular flexibility index (Phi) is 5.75. The second-order valence-electron chi connectivity index (χ2n) is 6.51. The van der Waals surface area contributed by atoms with Gasteiger partial charge in [-0.3, -0.25) is 9.59 Å². The smallest absolute Gasteiger partial charge is 0.278 e. The van der Waals surface area contributed by atoms with Crippen LogP contribution in [0.15, 0.2) is 42.5 Å². The summed E-state index contributed by atoms with van der Waals surface area (Å²) in [6, 6.07) is 12.6. The van der Waals surface area contributed by atoms with Crippen molar-refractivity contribution in [1.82, 2.24) is 15.0 Å². The summed E-state index contributed by atoms with van der Waals surface area (Å²) in [5.74, 6) is -0.646. The van der Waals surface area contributed by atoms with E-state index in [-0.39, 0.29) is 24.1 Å². The van der Waals surface area contributed by atoms with Crippen LogP contribution in [0, 0.1) is 20.8 Å². The molecule has 1 aromatic heterocycles. The van der Waals surface area contributed by atoms with Crippen LogP contribution >= 0.6 is 11.6 Å². The molecule has 0 bridgehead atoms. The number of carbonyl (C=O) groups is 2. The van der Waals surface area contributed by atoms with Crippen molar-refractivity contribution in [2.45, 2.75) is 27.3 Å². The van der Waals surface area contributed by atoms with E-state index in [1.165, 1.54) is 4.68 Å². The number of nitrogens with one attached hydrogen (secondary N) is 2. The molecule has 0 aliphatic carbocycles. The number of hydrogen-bond acceptors (Lipinski definition) is 4. The van der Waals surface area contributed by atoms with E-state index in [1.54, 1.807) is 31.2 Å². The first-order chi connectivity index (χ1) is 13.3. The molecular weight excluding hydrogens is 378 g/mol. The zero-order valence-electron chi connectivity index (χ0n) is 15.8. The zero-order valence-corrected chi connectivity index (χ0v) is 16.5. The first kappa shape index (κ1) is 19.6. The second-order valence-corrected chi connectivity index (χ2v) is 6.95. The highest BCUT2D eigenvalue weighted by molar-refractivity contribution is 6.30. The van der Waals surface area contributed by atoms with Crippen LogP contribution in [0.25, 0.3) is 0 Å². The number of amides is 2. The molecule has 2 amide bonds. The van der Waals surface area contributed by atoms with Gasteiger partial charge in [0.1, 0.15) is 6.54 Å². The van der Waals surface area contributed by atoms with Crippen molar-refractivity contribution in [3.05, 3.63) is 70.0 Å². The van der Waals surface area contributed by atoms with Crippen molar-refractivity contribution in [1.29, 1.82) is 0 Å². The average Bonchev–Trinajstić information content (AvgIpc) is 3.00. The third-order valence-electron chi connectivity index (χ3n) is 4.26. The molecule has 144 valence electrons. The highest BCUT2D eigenvalue weighted by Gasteiger charge is 2.18. The van der Waals surface area contributed by atoms with Gasteiger partial charge in [0.15, 0.2) is 5.69 Å². The summed E-state index contributed by atoms with van der Waals surface area (Å²) in [4.78, 5) is 24.8. The van der Waals surface area contributed by atoms with Gasteiger partial charge < -0.3 is 10.6 Å². The molecule has 3 aromatic rings. The van der Waals surface area contributed by atoms with Gasteiger partial charge in [0.05, 0.1) is 5.69 Å². The second kappa shape index (κ2) is 8.22. The maximum absolute atomic E-state index is 12.6. The highest BCUT2D eigenvalue weighted by atomic mass is 35.5. The Bertz CT molecular complexity index is 1030. The topological polar surface area (TPSA) is 88.9 Å². The summed E-state index contributed by atoms with van der Waals surface area (Å²) in [7, 11) is 0. The molecule has 0 saturated carbocycles. The first-order valence-electron chi connectivity index (χ1n) is 8.67. The summed E-state index contributed by atoms with van der Waals surface area (Å²) in [5.41, 5.74) is 4.03. The van der Waals surface area contributed by atoms with E-state index in [9.17, 15) is 9.59 Å². The summed E-state index contributed by atoms with van der Waals surface area (Å²) < 4.78 is 1.39. The lowest BCUT2D eigenvalue weighted by Crippen LogP contribution is -2.21. The molecule has 7 nitrogen and oxygen atoms in total. The number of aromatic nitrogens is 3. The SMILES string of the molecule is Cc1ccc(C)c(NC(=O)c2nnn(CC(=O)Nc3ccc(Cl)cc3)c2C)c1. The first-order valence-corrected chi connectivity index (χ1v) is 9.05. The van der Waals surface area contributed by atoms with Crippen molar-refractivity contribution in [2.75, 3.05) is 10.6 Å². The summed E-state index contributed by atoms with van der Waals surface area (Å²) in [5, 5.41) is 14.1. The number of halogens is 1. The molecule has 0 fully saturated rings. The van der Waals surface area contributed by atoms with E-state index >= 15 is 0 Å². The van der Waals surface area contributed by atoms with Gasteiger partial charge >= 0.3 is 0 Å². The van der Waals surface area contributed by atoms with E-state index in [0.717, 1.165) is 16.8 Å². The van der Waals surface area contributed by atoms with Crippen molar-refractivity contribution >= 4 is 34.8 Å². The van der Waals surface area contributed by atoms with Crippen LogP contribution in [-0.2, 0) is 11.3 Å². The summed E-state index contributed by atoms with van der Waals surface area (Å²) >= 11 is 5.83. The molecule has 8 heteroatoms. The quantitative estimate of drug-likeness (QED) is 0.686. The summed E-state index contributed by atoms with van der Waals surface area (Å²) in [6.45, 7) is 5.52. The number of carbonyl (C=O) groups excluding carboxylic acids is 2. The van der Waals surface area contributed by atoms with Gasteiger partial charge in [-0.05, 0) is 62.2 Å². The molecule has 0 saturated heterocycles. The number of nitrogens with zero attached hydrogens (tertiary/aromatic N) is 3. The normalized spacial score (nSPS) is 10.6. The highest BCUT2D eigenvalue weighted by Crippen LogP contribution is 2.18. The Morgan fingerprint density at radius 1 is 1.04 bits per heavy atom. The fraction of sp³-hybridized carbons (Fsp3) is 0.200. The van der Waals surface area contributed by atoms with Crippen molar-refractivity contribution in [2.24, 2.45) is 0 Å². The molecule has 3 rings (SSSR count). The lowest BCUT2D eigenvalue weighted by Gasteiger charge is -2.09. The molecular formula is C20H20ClN5O2. The third kappa shape index (κ3) is 4.55. The van der Waals surface area contributed by atoms with Gasteiger partial charge in [-0.15, -0.1) is 5.10 Å². The van der Waals surface area contributed by atoms with Gasteiger partial charge in [-0.1, -0.05) is 28.9 Å². The number of hydrogen-bond donors (Lipinski definition) is 2. The summed E-state index contributed by atoms with van der Waals surface area (Å²) in [6.07, 6.45) is 0. The average molecular weight is 398 g/mol. The molecule has 0 aliphatic rings. The predicted octanol–water partition coefficient (Wildman–Crippen LogP) is 3.75. The Morgan fingerprint density at radius 3 is 2.46 bits per heavy atom. The molecule has 0 radical (unpaired) electrons. The number of anilines is 2. The fourth-order valence-corrected chi connectivity index (χ4v) is 2.77. The Balaban J connectivity index is 1.69. The Morgan fingerprint density at radius 2 is 1.75 bits per heavy atom. The van der Waals surface area contributed by atoms with E-state index in [0.29, 0.717) is 16.4 Å². The number of rotatable bonds is 5. The van der Waals surface area contributed by atoms with Crippen LogP contribution in [-0.4, -0.2) is 26.8 Å². The van der Waals surface area contributed by atoms with Crippen LogP contribution in [0.5, 0.6) is 0 Å². The molecule has 2 aromatic carbocycles. The van der Waals surface area contributed by atoms with Crippen molar-refractivity contribution in [3.63, 3.8) is 0 Å². The largest absolute Gasteiger partial charge is 0.324 e. The maximum atomic E-state index is 12.6. The monoisotopic (exact) mass is 397 g/mol. The molecule has 0 unspecified atom stereocenters. The molecule has 0 spiro atoms. The lowest BCUT2D eigenvalue weighted by molar-refractivity contribution is -0.117. The van der Waals surface area contributed by atoms with E-state index in [2.05, 4.69) is 20.9 Å². The van der Waals surface area contributed by atoms with Gasteiger partial charge in [0.25, 0.3) is 5.91 Å². The van der Waals surface area contributed by atoms with Crippen LogP contribution in [0.3, 0.4) is 0 Å². The Labute approximate surface area is 167 Å². The van der Waals surface area contributed by atoms with Gasteiger partial charge in [0.2, 0.25) is 5.91 Å². The molecule has 0 aliphatic heterocycles. The number of benzene rings is 2. The van der Waals surface area contributed by atoms with Gasteiger partial charge in [0, 0.05) is 16.4 Å². The van der Waals surface area contributed by atoms with Crippen molar-refractivity contribution in [3.8, 4) is 0 Å². The fourth-order valence-electron chi connectivity index (χ4n) is 2.64. The minimum absolute atomic E-state index is 0.0573. The zero-order chi connectivity index (χ0) is 20.3. The Hall–Kier alpha value is -3.19. The van der Waals surface area contributed by atoms with Crippen LogP contribution in [0.2, 0.25) is 5.02 Å². The van der Waals surface area contributed by atoms with Crippen LogP contribution in [0.1, 0.15) is 27.3 Å². The molecule has 2 N–H and O–H groups in total. The lowest BCUT2D eigenvalue weighted by atomic mass is 10.1. The van der Waals surface area contributed by atoms with E-state index in [4.69, 9.17) is 11.6 Å². The maximum Gasteiger partial charge on any atom is 0.278 e. The van der Waals surface area contributed by atoms with Gasteiger partial charge in [-0.2, -0.15) is 0 Å². The van der Waals surface area contributed by atoms with E-state index < -0.39 is 0 Å². The third-order valence-corrected chi connectivity index (χ3v) is 4.51. The van der Waals surface area contributed by atoms with Crippen LogP contribution < -0.4 is 10.6 Å². The molecule has 1 heterocycles. The van der Waals surface area contributed by atoms with Gasteiger partial charge in [-0.25, -0.2) is 4.68 Å². The minimum atomic E-state index is -0.365. The number of aryl methyl sites for hydroxylation is 2. The predicted molar refractivity (Wildman–Crippen MR) is 109 cm³/mol. The van der Waals surface area contributed by atoms with Crippen LogP contribution in [0.4, 0.5) is 11.4 Å². The molecule has 28 heavy (non-hydrogen) atoms. The van der Waals surface area contributed by atoms with Crippen molar-refractivity contribution < 1.29 is 9.59 Å². The van der Waals surface area contributed by atoms with E-state index in [1.807, 2.05) is 32.0 Å².